The van der Waals surface area contributed by atoms with Crippen LogP contribution in [0.3, 0.4) is 0 Å². The van der Waals surface area contributed by atoms with Crippen molar-refractivity contribution in [2.24, 2.45) is 5.92 Å². The van der Waals surface area contributed by atoms with Crippen LogP contribution in [0.1, 0.15) is 13.8 Å². The van der Waals surface area contributed by atoms with Crippen molar-refractivity contribution in [3.8, 4) is 0 Å². The topological polar surface area (TPSA) is 70.2 Å². The Morgan fingerprint density at radius 1 is 1.25 bits per heavy atom. The average Bonchev–Trinajstić information content (AvgIpc) is 2.38. The Morgan fingerprint density at radius 3 is 2.50 bits per heavy atom. The van der Waals surface area contributed by atoms with Crippen molar-refractivity contribution in [1.29, 1.82) is 0 Å². The predicted octanol–water partition coefficient (Wildman–Crippen LogP) is 2.37. The van der Waals surface area contributed by atoms with Gasteiger partial charge in [-0.25, -0.2) is 9.18 Å². The summed E-state index contributed by atoms with van der Waals surface area (Å²) in [5.74, 6) is -0.711. The lowest BCUT2D eigenvalue weighted by atomic mass is 10.2. The van der Waals surface area contributed by atoms with Gasteiger partial charge in [-0.1, -0.05) is 25.4 Å². The zero-order valence-corrected chi connectivity index (χ0v) is 12.1. The second kappa shape index (κ2) is 7.69. The van der Waals surface area contributed by atoms with Gasteiger partial charge in [-0.3, -0.25) is 4.79 Å². The Morgan fingerprint density at radius 2 is 1.90 bits per heavy atom. The molecule has 3 amide bonds. The number of urea groups is 1. The highest BCUT2D eigenvalue weighted by molar-refractivity contribution is 6.31. The lowest BCUT2D eigenvalue weighted by molar-refractivity contribution is -0.123. The van der Waals surface area contributed by atoms with Crippen LogP contribution in [0.2, 0.25) is 5.02 Å². The van der Waals surface area contributed by atoms with Crippen LogP contribution >= 0.6 is 11.6 Å². The minimum Gasteiger partial charge on any atom is -0.354 e. The summed E-state index contributed by atoms with van der Waals surface area (Å²) in [5, 5.41) is 7.67. The van der Waals surface area contributed by atoms with Gasteiger partial charge in [0, 0.05) is 24.7 Å². The number of benzene rings is 1. The van der Waals surface area contributed by atoms with Crippen molar-refractivity contribution in [1.82, 2.24) is 10.6 Å². The van der Waals surface area contributed by atoms with Gasteiger partial charge in [-0.05, 0) is 18.2 Å². The van der Waals surface area contributed by atoms with Gasteiger partial charge in [-0.2, -0.15) is 0 Å². The lowest BCUT2D eigenvalue weighted by Gasteiger charge is -2.10. The molecule has 5 nitrogen and oxygen atoms in total. The van der Waals surface area contributed by atoms with Crippen LogP contribution in [0.15, 0.2) is 18.2 Å². The van der Waals surface area contributed by atoms with E-state index in [0.29, 0.717) is 18.8 Å². The first-order chi connectivity index (χ1) is 9.40. The number of anilines is 1. The average molecular weight is 302 g/mol. The number of rotatable bonds is 5. The van der Waals surface area contributed by atoms with Gasteiger partial charge in [0.25, 0.3) is 0 Å². The Balaban J connectivity index is 2.30. The Kier molecular flexibility index (Phi) is 6.24. The molecule has 0 heterocycles. The van der Waals surface area contributed by atoms with Crippen LogP contribution in [0.4, 0.5) is 14.9 Å². The van der Waals surface area contributed by atoms with Gasteiger partial charge >= 0.3 is 6.03 Å². The standard InChI is InChI=1S/C13H17ClFN3O2/c1-8(2)12(19)16-5-6-17-13(20)18-9-3-4-11(15)10(14)7-9/h3-4,7-8H,5-6H2,1-2H3,(H,16,19)(H2,17,18,20). The number of nitrogens with one attached hydrogen (secondary N) is 3. The fraction of sp³-hybridized carbons (Fsp3) is 0.385. The van der Waals surface area contributed by atoms with E-state index < -0.39 is 11.8 Å². The van der Waals surface area contributed by atoms with E-state index in [2.05, 4.69) is 16.0 Å². The van der Waals surface area contributed by atoms with E-state index in [4.69, 9.17) is 11.6 Å². The third kappa shape index (κ3) is 5.44. The van der Waals surface area contributed by atoms with Crippen molar-refractivity contribution < 1.29 is 14.0 Å². The molecule has 0 saturated carbocycles. The molecule has 0 aliphatic rings. The maximum absolute atomic E-state index is 12.9. The largest absolute Gasteiger partial charge is 0.354 e. The second-order valence-corrected chi connectivity index (χ2v) is 4.86. The highest BCUT2D eigenvalue weighted by Gasteiger charge is 2.06. The molecule has 20 heavy (non-hydrogen) atoms. The fourth-order valence-electron chi connectivity index (χ4n) is 1.32. The van der Waals surface area contributed by atoms with Crippen molar-refractivity contribution >= 4 is 29.2 Å². The molecule has 0 radical (unpaired) electrons. The third-order valence-electron chi connectivity index (χ3n) is 2.41. The van der Waals surface area contributed by atoms with Gasteiger partial charge in [0.1, 0.15) is 5.82 Å². The minimum absolute atomic E-state index is 0.0630. The first-order valence-electron chi connectivity index (χ1n) is 6.17. The maximum atomic E-state index is 12.9. The number of hydrogen-bond acceptors (Lipinski definition) is 2. The first-order valence-corrected chi connectivity index (χ1v) is 6.55. The molecule has 0 fully saturated rings. The number of halogens is 2. The van der Waals surface area contributed by atoms with Crippen LogP contribution < -0.4 is 16.0 Å². The van der Waals surface area contributed by atoms with E-state index in [0.717, 1.165) is 0 Å². The maximum Gasteiger partial charge on any atom is 0.319 e. The summed E-state index contributed by atoms with van der Waals surface area (Å²) >= 11 is 5.59. The Hall–Kier alpha value is -1.82. The number of hydrogen-bond donors (Lipinski definition) is 3. The Labute approximate surface area is 121 Å². The summed E-state index contributed by atoms with van der Waals surface area (Å²) in [7, 11) is 0. The smallest absolute Gasteiger partial charge is 0.319 e. The first kappa shape index (κ1) is 16.2. The molecule has 7 heteroatoms. The quantitative estimate of drug-likeness (QED) is 0.731. The predicted molar refractivity (Wildman–Crippen MR) is 76.3 cm³/mol. The highest BCUT2D eigenvalue weighted by Crippen LogP contribution is 2.19. The van der Waals surface area contributed by atoms with Gasteiger partial charge in [0.2, 0.25) is 5.91 Å². The van der Waals surface area contributed by atoms with E-state index in [9.17, 15) is 14.0 Å². The molecule has 0 saturated heterocycles. The lowest BCUT2D eigenvalue weighted by Crippen LogP contribution is -2.38. The second-order valence-electron chi connectivity index (χ2n) is 4.46. The van der Waals surface area contributed by atoms with Crippen molar-refractivity contribution in [3.63, 3.8) is 0 Å². The van der Waals surface area contributed by atoms with Crippen molar-refractivity contribution in [2.75, 3.05) is 18.4 Å². The summed E-state index contributed by atoms with van der Waals surface area (Å²) in [6.45, 7) is 4.20. The third-order valence-corrected chi connectivity index (χ3v) is 2.70. The molecule has 0 unspecified atom stereocenters. The van der Waals surface area contributed by atoms with E-state index in [1.54, 1.807) is 13.8 Å². The summed E-state index contributed by atoms with van der Waals surface area (Å²) in [6.07, 6.45) is 0. The van der Waals surface area contributed by atoms with Crippen LogP contribution in [0.5, 0.6) is 0 Å². The molecule has 0 atom stereocenters. The zero-order chi connectivity index (χ0) is 15.1. The summed E-state index contributed by atoms with van der Waals surface area (Å²) in [6, 6.07) is 3.44. The molecule has 0 spiro atoms. The van der Waals surface area contributed by atoms with Crippen LogP contribution in [-0.2, 0) is 4.79 Å². The number of amides is 3. The summed E-state index contributed by atoms with van der Waals surface area (Å²) in [5.41, 5.74) is 0.389. The number of carbonyl (C=O) groups excluding carboxylic acids is 2. The van der Waals surface area contributed by atoms with Gasteiger partial charge in [0.05, 0.1) is 5.02 Å². The van der Waals surface area contributed by atoms with E-state index in [1.165, 1.54) is 18.2 Å². The normalized spacial score (nSPS) is 10.2. The highest BCUT2D eigenvalue weighted by atomic mass is 35.5. The number of carbonyl (C=O) groups is 2. The van der Waals surface area contributed by atoms with E-state index in [-0.39, 0.29) is 16.8 Å². The molecular formula is C13H17ClFN3O2. The molecule has 1 aromatic carbocycles. The van der Waals surface area contributed by atoms with E-state index >= 15 is 0 Å². The molecule has 0 aliphatic carbocycles. The minimum atomic E-state index is -0.547. The molecular weight excluding hydrogens is 285 g/mol. The van der Waals surface area contributed by atoms with Crippen LogP contribution in [-0.4, -0.2) is 25.0 Å². The van der Waals surface area contributed by atoms with Crippen molar-refractivity contribution in [3.05, 3.63) is 29.0 Å². The fourth-order valence-corrected chi connectivity index (χ4v) is 1.50. The molecule has 0 aromatic heterocycles. The zero-order valence-electron chi connectivity index (χ0n) is 11.3. The Bertz CT molecular complexity index is 495. The molecule has 0 aliphatic heterocycles. The summed E-state index contributed by atoms with van der Waals surface area (Å²) < 4.78 is 12.9. The van der Waals surface area contributed by atoms with Crippen LogP contribution in [0.25, 0.3) is 0 Å². The SMILES string of the molecule is CC(C)C(=O)NCCNC(=O)Nc1ccc(F)c(Cl)c1. The molecule has 3 N–H and O–H groups in total. The molecule has 110 valence electrons. The molecule has 1 aromatic rings. The van der Waals surface area contributed by atoms with E-state index in [1.807, 2.05) is 0 Å². The van der Waals surface area contributed by atoms with Crippen molar-refractivity contribution in [2.45, 2.75) is 13.8 Å². The summed E-state index contributed by atoms with van der Waals surface area (Å²) in [4.78, 5) is 22.8. The monoisotopic (exact) mass is 301 g/mol. The van der Waals surface area contributed by atoms with Gasteiger partial charge < -0.3 is 16.0 Å². The van der Waals surface area contributed by atoms with Crippen LogP contribution in [0, 0.1) is 11.7 Å². The molecule has 0 bridgehead atoms. The van der Waals surface area contributed by atoms with Gasteiger partial charge in [-0.15, -0.1) is 0 Å². The van der Waals surface area contributed by atoms with Gasteiger partial charge in [0.15, 0.2) is 0 Å². The molecule has 1 rings (SSSR count).